The summed E-state index contributed by atoms with van der Waals surface area (Å²) in [5.74, 6) is 0.749. The first-order valence-electron chi connectivity index (χ1n) is 9.40. The lowest BCUT2D eigenvalue weighted by atomic mass is 9.94. The monoisotopic (exact) mass is 431 g/mol. The Labute approximate surface area is 169 Å². The van der Waals surface area contributed by atoms with E-state index < -0.39 is 0 Å². The van der Waals surface area contributed by atoms with Gasteiger partial charge in [0.15, 0.2) is 0 Å². The zero-order chi connectivity index (χ0) is 19.1. The lowest BCUT2D eigenvalue weighted by Crippen LogP contribution is -2.34. The second-order valence-electron chi connectivity index (χ2n) is 6.73. The zero-order valence-electron chi connectivity index (χ0n) is 15.5. The molecule has 27 heavy (non-hydrogen) atoms. The van der Waals surface area contributed by atoms with Crippen LogP contribution in [0.3, 0.4) is 0 Å². The molecule has 0 saturated carbocycles. The fourth-order valence-corrected chi connectivity index (χ4v) is 3.58. The normalized spacial score (nSPS) is 19.0. The maximum atomic E-state index is 12.7. The summed E-state index contributed by atoms with van der Waals surface area (Å²) in [4.78, 5) is 12.7. The minimum absolute atomic E-state index is 0.0424. The Balaban J connectivity index is 1.58. The number of hydrogen-bond acceptors (Lipinski definition) is 4. The van der Waals surface area contributed by atoms with Crippen LogP contribution in [0.2, 0.25) is 0 Å². The fourth-order valence-electron chi connectivity index (χ4n) is 3.13. The van der Waals surface area contributed by atoms with E-state index >= 15 is 0 Å². The van der Waals surface area contributed by atoms with Crippen LogP contribution in [0.25, 0.3) is 0 Å². The van der Waals surface area contributed by atoms with Gasteiger partial charge in [-0.1, -0.05) is 53.5 Å². The highest BCUT2D eigenvalue weighted by Crippen LogP contribution is 2.27. The van der Waals surface area contributed by atoms with Crippen LogP contribution in [0.1, 0.15) is 36.9 Å². The van der Waals surface area contributed by atoms with Gasteiger partial charge in [0, 0.05) is 17.6 Å². The van der Waals surface area contributed by atoms with Gasteiger partial charge in [0.05, 0.1) is 18.6 Å². The molecule has 1 amide bonds. The van der Waals surface area contributed by atoms with E-state index in [9.17, 15) is 4.79 Å². The standard InChI is InChI=1S/C21H26BrN3O2/c1-2-3-11-27-18-9-7-16(8-10-18)20-19(14-24-25-20)21(26)23-13-15-5-4-6-17(22)12-15/h4-10,12,19-20,24-25H,2-3,11,13-14H2,1H3,(H,23,26). The van der Waals surface area contributed by atoms with Crippen LogP contribution < -0.4 is 20.9 Å². The third kappa shape index (κ3) is 5.54. The first-order chi connectivity index (χ1) is 13.2. The van der Waals surface area contributed by atoms with Crippen molar-refractivity contribution in [2.45, 2.75) is 32.4 Å². The quantitative estimate of drug-likeness (QED) is 0.557. The molecule has 0 aliphatic carbocycles. The van der Waals surface area contributed by atoms with Gasteiger partial charge < -0.3 is 10.1 Å². The maximum absolute atomic E-state index is 12.7. The third-order valence-electron chi connectivity index (χ3n) is 4.68. The molecule has 144 valence electrons. The molecule has 1 aliphatic rings. The Morgan fingerprint density at radius 3 is 2.81 bits per heavy atom. The van der Waals surface area contributed by atoms with Gasteiger partial charge in [-0.15, -0.1) is 0 Å². The molecule has 2 aromatic rings. The van der Waals surface area contributed by atoms with Crippen LogP contribution in [0.4, 0.5) is 0 Å². The van der Waals surface area contributed by atoms with Crippen molar-refractivity contribution in [3.8, 4) is 5.75 Å². The molecule has 0 aromatic heterocycles. The first-order valence-corrected chi connectivity index (χ1v) is 10.2. The van der Waals surface area contributed by atoms with Crippen LogP contribution >= 0.6 is 15.9 Å². The molecule has 0 bridgehead atoms. The second-order valence-corrected chi connectivity index (χ2v) is 7.64. The highest BCUT2D eigenvalue weighted by molar-refractivity contribution is 9.10. The third-order valence-corrected chi connectivity index (χ3v) is 5.17. The summed E-state index contributed by atoms with van der Waals surface area (Å²) in [7, 11) is 0. The van der Waals surface area contributed by atoms with Gasteiger partial charge in [0.25, 0.3) is 0 Å². The minimum Gasteiger partial charge on any atom is -0.494 e. The molecule has 1 heterocycles. The van der Waals surface area contributed by atoms with Gasteiger partial charge in [-0.05, 0) is 41.8 Å². The Bertz CT molecular complexity index is 751. The number of hydrazine groups is 1. The topological polar surface area (TPSA) is 62.4 Å². The molecular formula is C21H26BrN3O2. The van der Waals surface area contributed by atoms with Gasteiger partial charge in [0.2, 0.25) is 5.91 Å². The number of unbranched alkanes of at least 4 members (excludes halogenated alkanes) is 1. The van der Waals surface area contributed by atoms with Crippen LogP contribution in [-0.2, 0) is 11.3 Å². The number of nitrogens with one attached hydrogen (secondary N) is 3. The van der Waals surface area contributed by atoms with Gasteiger partial charge in [-0.3, -0.25) is 10.2 Å². The maximum Gasteiger partial charge on any atom is 0.226 e. The number of rotatable bonds is 8. The number of amides is 1. The van der Waals surface area contributed by atoms with E-state index in [1.807, 2.05) is 48.5 Å². The van der Waals surface area contributed by atoms with Crippen molar-refractivity contribution < 1.29 is 9.53 Å². The molecule has 1 saturated heterocycles. The van der Waals surface area contributed by atoms with E-state index in [0.717, 1.165) is 40.8 Å². The van der Waals surface area contributed by atoms with E-state index in [1.165, 1.54) is 0 Å². The molecule has 2 unspecified atom stereocenters. The lowest BCUT2D eigenvalue weighted by Gasteiger charge is -2.19. The molecule has 3 rings (SSSR count). The van der Waals surface area contributed by atoms with Crippen molar-refractivity contribution >= 4 is 21.8 Å². The summed E-state index contributed by atoms with van der Waals surface area (Å²) >= 11 is 3.46. The molecular weight excluding hydrogens is 406 g/mol. The van der Waals surface area contributed by atoms with E-state index in [4.69, 9.17) is 4.74 Å². The molecule has 1 fully saturated rings. The SMILES string of the molecule is CCCCOc1ccc(C2NNCC2C(=O)NCc2cccc(Br)c2)cc1. The highest BCUT2D eigenvalue weighted by atomic mass is 79.9. The Kier molecular flexibility index (Phi) is 7.26. The van der Waals surface area contributed by atoms with E-state index in [0.29, 0.717) is 13.1 Å². The average Bonchev–Trinajstić information content (AvgIpc) is 3.17. The van der Waals surface area contributed by atoms with Gasteiger partial charge >= 0.3 is 0 Å². The summed E-state index contributed by atoms with van der Waals surface area (Å²) in [6.07, 6.45) is 2.17. The second kappa shape index (κ2) is 9.88. The molecule has 3 N–H and O–H groups in total. The number of hydrogen-bond donors (Lipinski definition) is 3. The summed E-state index contributed by atoms with van der Waals surface area (Å²) in [5.41, 5.74) is 8.49. The Morgan fingerprint density at radius 1 is 1.26 bits per heavy atom. The lowest BCUT2D eigenvalue weighted by molar-refractivity contribution is -0.125. The van der Waals surface area contributed by atoms with Gasteiger partial charge in [0.1, 0.15) is 5.75 Å². The summed E-state index contributed by atoms with van der Waals surface area (Å²) in [6, 6.07) is 15.9. The molecule has 2 atom stereocenters. The largest absolute Gasteiger partial charge is 0.494 e. The molecule has 5 nitrogen and oxygen atoms in total. The van der Waals surface area contributed by atoms with Crippen LogP contribution in [0, 0.1) is 5.92 Å². The van der Waals surface area contributed by atoms with Crippen molar-refractivity contribution in [2.24, 2.45) is 5.92 Å². The fraction of sp³-hybridized carbons (Fsp3) is 0.381. The van der Waals surface area contributed by atoms with Crippen LogP contribution in [0.5, 0.6) is 5.75 Å². The number of halogens is 1. The number of carbonyl (C=O) groups excluding carboxylic acids is 1. The number of ether oxygens (including phenoxy) is 1. The molecule has 0 radical (unpaired) electrons. The minimum atomic E-state index is -0.163. The van der Waals surface area contributed by atoms with Gasteiger partial charge in [-0.2, -0.15) is 0 Å². The first kappa shape index (κ1) is 19.9. The van der Waals surface area contributed by atoms with Crippen molar-refractivity contribution in [3.05, 3.63) is 64.1 Å². The van der Waals surface area contributed by atoms with Crippen LogP contribution in [-0.4, -0.2) is 19.1 Å². The highest BCUT2D eigenvalue weighted by Gasteiger charge is 2.33. The smallest absolute Gasteiger partial charge is 0.226 e. The predicted octanol–water partition coefficient (Wildman–Crippen LogP) is 3.71. The Morgan fingerprint density at radius 2 is 2.07 bits per heavy atom. The Hall–Kier alpha value is -1.89. The zero-order valence-corrected chi connectivity index (χ0v) is 17.1. The molecule has 0 spiro atoms. The summed E-state index contributed by atoms with van der Waals surface area (Å²) < 4.78 is 6.73. The molecule has 6 heteroatoms. The van der Waals surface area contributed by atoms with Crippen LogP contribution in [0.15, 0.2) is 53.0 Å². The molecule has 1 aliphatic heterocycles. The van der Waals surface area contributed by atoms with E-state index in [2.05, 4.69) is 39.0 Å². The van der Waals surface area contributed by atoms with Crippen molar-refractivity contribution in [1.82, 2.24) is 16.2 Å². The van der Waals surface area contributed by atoms with E-state index in [1.54, 1.807) is 0 Å². The van der Waals surface area contributed by atoms with Crippen molar-refractivity contribution in [3.63, 3.8) is 0 Å². The summed E-state index contributed by atoms with van der Waals surface area (Å²) in [6.45, 7) is 4.00. The molecule has 2 aromatic carbocycles. The number of benzene rings is 2. The average molecular weight is 432 g/mol. The van der Waals surface area contributed by atoms with Gasteiger partial charge in [-0.25, -0.2) is 5.43 Å². The number of carbonyl (C=O) groups is 1. The van der Waals surface area contributed by atoms with E-state index in [-0.39, 0.29) is 17.9 Å². The predicted molar refractivity (Wildman–Crippen MR) is 110 cm³/mol. The van der Waals surface area contributed by atoms with Crippen molar-refractivity contribution in [1.29, 1.82) is 0 Å². The van der Waals surface area contributed by atoms with Crippen molar-refractivity contribution in [2.75, 3.05) is 13.2 Å². The summed E-state index contributed by atoms with van der Waals surface area (Å²) in [5, 5.41) is 3.05.